The van der Waals surface area contributed by atoms with Crippen LogP contribution in [0.5, 0.6) is 0 Å². The number of carbonyl (C=O) groups is 1. The van der Waals surface area contributed by atoms with Crippen LogP contribution >= 0.6 is 0 Å². The van der Waals surface area contributed by atoms with Crippen LogP contribution in [0, 0.1) is 12.8 Å². The number of hydrogen-bond acceptors (Lipinski definition) is 8. The van der Waals surface area contributed by atoms with Crippen molar-refractivity contribution in [3.8, 4) is 0 Å². The lowest BCUT2D eigenvalue weighted by Gasteiger charge is -2.32. The van der Waals surface area contributed by atoms with E-state index in [2.05, 4.69) is 25.2 Å². The number of hydrogen-bond donors (Lipinski definition) is 4. The molecule has 1 fully saturated rings. The number of anilines is 2. The Balaban J connectivity index is 1.58. The van der Waals surface area contributed by atoms with Crippen LogP contribution in [0.25, 0.3) is 0 Å². The number of piperidine rings is 1. The number of nitrogen functional groups attached to an aromatic ring is 2. The van der Waals surface area contributed by atoms with Gasteiger partial charge in [0.2, 0.25) is 0 Å². The van der Waals surface area contributed by atoms with Crippen molar-refractivity contribution >= 4 is 34.5 Å². The van der Waals surface area contributed by atoms with Gasteiger partial charge in [-0.1, -0.05) is 12.8 Å². The SMILES string of the molecule is Cc1nc(C(=O)NC(N)=NCCCCC2CCN(CCCCS(=O)N(C)C)CC2)c(N)nc1N. The Labute approximate surface area is 205 Å². The molecule has 2 rings (SSSR count). The number of carbonyl (C=O) groups excluding carboxylic acids is 1. The highest BCUT2D eigenvalue weighted by molar-refractivity contribution is 7.82. The maximum atomic E-state index is 12.3. The highest BCUT2D eigenvalue weighted by Gasteiger charge is 2.19. The molecule has 0 aliphatic carbocycles. The number of aliphatic imine (C=N–C) groups is 1. The fraction of sp³-hybridized carbons (Fsp3) is 0.727. The number of nitrogens with two attached hydrogens (primary N) is 3. The Morgan fingerprint density at radius 2 is 1.85 bits per heavy atom. The van der Waals surface area contributed by atoms with Crippen molar-refractivity contribution in [2.24, 2.45) is 16.6 Å². The van der Waals surface area contributed by atoms with E-state index in [-0.39, 0.29) is 23.3 Å². The first kappa shape index (κ1) is 27.9. The molecular formula is C22H41N9O2S. The van der Waals surface area contributed by atoms with Gasteiger partial charge >= 0.3 is 0 Å². The van der Waals surface area contributed by atoms with Crippen molar-refractivity contribution in [2.75, 3.05) is 57.5 Å². The minimum absolute atomic E-state index is 0.0141. The largest absolute Gasteiger partial charge is 0.382 e. The molecule has 1 amide bonds. The molecule has 1 aromatic heterocycles. The molecular weight excluding hydrogens is 454 g/mol. The predicted molar refractivity (Wildman–Crippen MR) is 138 cm³/mol. The van der Waals surface area contributed by atoms with E-state index in [0.29, 0.717) is 12.2 Å². The van der Waals surface area contributed by atoms with Gasteiger partial charge in [-0.25, -0.2) is 18.5 Å². The average Bonchev–Trinajstić information content (AvgIpc) is 2.79. The number of likely N-dealkylation sites (tertiary alicyclic amines) is 1. The zero-order chi connectivity index (χ0) is 25.1. The van der Waals surface area contributed by atoms with Crippen molar-refractivity contribution < 1.29 is 9.00 Å². The highest BCUT2D eigenvalue weighted by atomic mass is 32.2. The molecule has 7 N–H and O–H groups in total. The lowest BCUT2D eigenvalue weighted by Crippen LogP contribution is -2.38. The van der Waals surface area contributed by atoms with Gasteiger partial charge in [-0.2, -0.15) is 0 Å². The summed E-state index contributed by atoms with van der Waals surface area (Å²) < 4.78 is 13.5. The quantitative estimate of drug-likeness (QED) is 0.188. The van der Waals surface area contributed by atoms with E-state index in [0.717, 1.165) is 57.0 Å². The van der Waals surface area contributed by atoms with E-state index in [1.54, 1.807) is 11.2 Å². The van der Waals surface area contributed by atoms with Gasteiger partial charge in [0.15, 0.2) is 17.5 Å². The van der Waals surface area contributed by atoms with E-state index in [4.69, 9.17) is 17.2 Å². The number of nitrogens with one attached hydrogen (secondary N) is 1. The number of nitrogens with zero attached hydrogens (tertiary/aromatic N) is 5. The van der Waals surface area contributed by atoms with E-state index in [1.807, 2.05) is 14.1 Å². The molecule has 2 heterocycles. The van der Waals surface area contributed by atoms with Crippen LogP contribution in [-0.4, -0.2) is 81.3 Å². The summed E-state index contributed by atoms with van der Waals surface area (Å²) in [6.07, 6.45) is 7.77. The molecule has 34 heavy (non-hydrogen) atoms. The first-order chi connectivity index (χ1) is 16.2. The second kappa shape index (κ2) is 14.2. The Morgan fingerprint density at radius 3 is 2.53 bits per heavy atom. The molecule has 192 valence electrons. The molecule has 1 aromatic rings. The summed E-state index contributed by atoms with van der Waals surface area (Å²) in [5.74, 6) is 1.16. The number of unbranched alkanes of at least 4 members (excludes halogenated alkanes) is 2. The molecule has 1 aliphatic heterocycles. The van der Waals surface area contributed by atoms with Crippen LogP contribution in [0.2, 0.25) is 0 Å². The van der Waals surface area contributed by atoms with Gasteiger partial charge in [-0.05, 0) is 78.7 Å². The summed E-state index contributed by atoms with van der Waals surface area (Å²) in [7, 11) is 2.87. The van der Waals surface area contributed by atoms with Gasteiger partial charge < -0.3 is 22.1 Å². The first-order valence-electron chi connectivity index (χ1n) is 12.0. The number of aromatic nitrogens is 2. The van der Waals surface area contributed by atoms with Gasteiger partial charge in [0.25, 0.3) is 5.91 Å². The number of amides is 1. The predicted octanol–water partition coefficient (Wildman–Crippen LogP) is 0.882. The molecule has 1 saturated heterocycles. The standard InChI is InChI=1S/C22H41N9O2S/c1-16-19(23)28-20(24)18(27-16)21(32)29-22(25)26-11-5-4-8-17-9-13-31(14-10-17)12-6-7-15-34(33)30(2)3/h17H,4-15H2,1-3H3,(H4,23,24,28)(H3,25,26,29,32). The van der Waals surface area contributed by atoms with Gasteiger partial charge in [0.05, 0.1) is 16.7 Å². The van der Waals surface area contributed by atoms with Gasteiger partial charge in [0.1, 0.15) is 5.82 Å². The molecule has 0 aromatic carbocycles. The molecule has 0 radical (unpaired) electrons. The van der Waals surface area contributed by atoms with Gasteiger partial charge in [-0.3, -0.25) is 15.1 Å². The lowest BCUT2D eigenvalue weighted by atomic mass is 9.91. The molecule has 1 unspecified atom stereocenters. The van der Waals surface area contributed by atoms with Crippen LogP contribution < -0.4 is 22.5 Å². The maximum absolute atomic E-state index is 12.3. The zero-order valence-electron chi connectivity index (χ0n) is 20.8. The number of rotatable bonds is 12. The van der Waals surface area contributed by atoms with Crippen molar-refractivity contribution in [3.63, 3.8) is 0 Å². The average molecular weight is 496 g/mol. The summed E-state index contributed by atoms with van der Waals surface area (Å²) >= 11 is 0. The third kappa shape index (κ3) is 9.51. The summed E-state index contributed by atoms with van der Waals surface area (Å²) in [5, 5.41) is 2.50. The van der Waals surface area contributed by atoms with Crippen molar-refractivity contribution in [3.05, 3.63) is 11.4 Å². The van der Waals surface area contributed by atoms with Crippen LogP contribution in [0.3, 0.4) is 0 Å². The van der Waals surface area contributed by atoms with Crippen LogP contribution in [-0.2, 0) is 11.0 Å². The van der Waals surface area contributed by atoms with Crippen molar-refractivity contribution in [2.45, 2.75) is 51.9 Å². The van der Waals surface area contributed by atoms with E-state index >= 15 is 0 Å². The Bertz CT molecular complexity index is 855. The molecule has 1 aliphatic rings. The normalized spacial score (nSPS) is 16.6. The fourth-order valence-electron chi connectivity index (χ4n) is 3.91. The maximum Gasteiger partial charge on any atom is 0.280 e. The number of guanidine groups is 1. The van der Waals surface area contributed by atoms with Gasteiger partial charge in [-0.15, -0.1) is 0 Å². The minimum atomic E-state index is -0.845. The monoisotopic (exact) mass is 495 g/mol. The van der Waals surface area contributed by atoms with E-state index in [1.165, 1.54) is 19.3 Å². The second-order valence-corrected chi connectivity index (χ2v) is 10.8. The number of aryl methyl sites for hydroxylation is 1. The second-order valence-electron chi connectivity index (χ2n) is 8.98. The molecule has 1 atom stereocenters. The van der Waals surface area contributed by atoms with Crippen LogP contribution in [0.4, 0.5) is 11.6 Å². The van der Waals surface area contributed by atoms with E-state index in [9.17, 15) is 9.00 Å². The third-order valence-electron chi connectivity index (χ3n) is 6.05. The zero-order valence-corrected chi connectivity index (χ0v) is 21.6. The van der Waals surface area contributed by atoms with Crippen LogP contribution in [0.15, 0.2) is 4.99 Å². The summed E-state index contributed by atoms with van der Waals surface area (Å²) in [6, 6.07) is 0. The summed E-state index contributed by atoms with van der Waals surface area (Å²) in [6.45, 7) is 5.60. The lowest BCUT2D eigenvalue weighted by molar-refractivity contribution is 0.0972. The molecule has 0 saturated carbocycles. The molecule has 0 spiro atoms. The Kier molecular flexibility index (Phi) is 11.6. The first-order valence-corrected chi connectivity index (χ1v) is 13.2. The highest BCUT2D eigenvalue weighted by Crippen LogP contribution is 2.22. The van der Waals surface area contributed by atoms with Crippen molar-refractivity contribution in [1.29, 1.82) is 0 Å². The van der Waals surface area contributed by atoms with Crippen LogP contribution in [0.1, 0.15) is 61.1 Å². The summed E-state index contributed by atoms with van der Waals surface area (Å²) in [5.41, 5.74) is 17.6. The third-order valence-corrected chi connectivity index (χ3v) is 7.50. The Morgan fingerprint density at radius 1 is 1.15 bits per heavy atom. The van der Waals surface area contributed by atoms with E-state index < -0.39 is 16.9 Å². The smallest absolute Gasteiger partial charge is 0.280 e. The fourth-order valence-corrected chi connectivity index (χ4v) is 4.73. The minimum Gasteiger partial charge on any atom is -0.382 e. The topological polar surface area (TPSA) is 169 Å². The van der Waals surface area contributed by atoms with Crippen molar-refractivity contribution in [1.82, 2.24) is 24.5 Å². The molecule has 11 nitrogen and oxygen atoms in total. The Hall–Kier alpha value is -2.31. The molecule has 0 bridgehead atoms. The van der Waals surface area contributed by atoms with Gasteiger partial charge in [0, 0.05) is 12.3 Å². The summed E-state index contributed by atoms with van der Waals surface area (Å²) in [4.78, 5) is 27.0. The molecule has 12 heteroatoms.